The molecule has 0 radical (unpaired) electrons. The molecule has 2 aromatic rings. The number of hydrogen-bond donors (Lipinski definition) is 1. The van der Waals surface area contributed by atoms with Crippen LogP contribution in [0.15, 0.2) is 48.5 Å². The van der Waals surface area contributed by atoms with E-state index in [1.165, 1.54) is 11.1 Å². The molecule has 2 aromatic carbocycles. The first kappa shape index (κ1) is 14.0. The molecule has 3 rings (SSSR count). The van der Waals surface area contributed by atoms with Crippen molar-refractivity contribution in [3.05, 3.63) is 59.7 Å². The highest BCUT2D eigenvalue weighted by Gasteiger charge is 2.19. The fraction of sp³-hybridized carbons (Fsp3) is 0.333. The molecule has 0 aliphatic carbocycles. The maximum absolute atomic E-state index is 6.45. The number of benzene rings is 2. The van der Waals surface area contributed by atoms with Gasteiger partial charge in [0.25, 0.3) is 0 Å². The van der Waals surface area contributed by atoms with Crippen LogP contribution in [0.4, 0.5) is 5.69 Å². The third-order valence-corrected chi connectivity index (χ3v) is 4.04. The lowest BCUT2D eigenvalue weighted by atomic mass is 10.0. The largest absolute Gasteiger partial charge is 0.491 e. The molecule has 0 spiro atoms. The van der Waals surface area contributed by atoms with Crippen molar-refractivity contribution >= 4 is 5.69 Å². The molecule has 0 fully saturated rings. The summed E-state index contributed by atoms with van der Waals surface area (Å²) in [6.45, 7) is 4.68. The lowest BCUT2D eigenvalue weighted by Gasteiger charge is -2.27. The highest BCUT2D eigenvalue weighted by molar-refractivity contribution is 5.59. The van der Waals surface area contributed by atoms with Crippen molar-refractivity contribution < 1.29 is 4.74 Å². The smallest absolute Gasteiger partial charge is 0.142 e. The first-order valence-electron chi connectivity index (χ1n) is 7.53. The third-order valence-electron chi connectivity index (χ3n) is 4.04. The molecule has 3 nitrogen and oxygen atoms in total. The van der Waals surface area contributed by atoms with Crippen molar-refractivity contribution in [1.82, 2.24) is 0 Å². The van der Waals surface area contributed by atoms with Crippen LogP contribution in [0.5, 0.6) is 5.75 Å². The monoisotopic (exact) mass is 282 g/mol. The van der Waals surface area contributed by atoms with E-state index in [1.807, 2.05) is 12.1 Å². The SMILES string of the molecule is Cc1ccccc1C(N)CN1CCCOc2ccccc21. The third kappa shape index (κ3) is 3.03. The summed E-state index contributed by atoms with van der Waals surface area (Å²) in [5.41, 5.74) is 10.1. The van der Waals surface area contributed by atoms with E-state index >= 15 is 0 Å². The van der Waals surface area contributed by atoms with Crippen LogP contribution >= 0.6 is 0 Å². The minimum atomic E-state index is 0.0114. The number of ether oxygens (including phenoxy) is 1. The summed E-state index contributed by atoms with van der Waals surface area (Å²) < 4.78 is 5.81. The Morgan fingerprint density at radius 3 is 2.76 bits per heavy atom. The quantitative estimate of drug-likeness (QED) is 0.939. The highest BCUT2D eigenvalue weighted by atomic mass is 16.5. The Hall–Kier alpha value is -2.00. The molecule has 1 atom stereocenters. The maximum atomic E-state index is 6.45. The first-order valence-corrected chi connectivity index (χ1v) is 7.53. The Labute approximate surface area is 126 Å². The summed E-state index contributed by atoms with van der Waals surface area (Å²) in [6, 6.07) is 16.6. The fourth-order valence-electron chi connectivity index (χ4n) is 2.93. The van der Waals surface area contributed by atoms with Crippen LogP contribution in [0.25, 0.3) is 0 Å². The molecular formula is C18H22N2O. The van der Waals surface area contributed by atoms with E-state index in [2.05, 4.69) is 48.2 Å². The lowest BCUT2D eigenvalue weighted by molar-refractivity contribution is 0.322. The van der Waals surface area contributed by atoms with Gasteiger partial charge in [0.05, 0.1) is 12.3 Å². The summed E-state index contributed by atoms with van der Waals surface area (Å²) in [7, 11) is 0. The summed E-state index contributed by atoms with van der Waals surface area (Å²) in [5, 5.41) is 0. The molecule has 110 valence electrons. The summed E-state index contributed by atoms with van der Waals surface area (Å²) in [4.78, 5) is 2.35. The van der Waals surface area contributed by atoms with E-state index in [1.54, 1.807) is 0 Å². The second kappa shape index (κ2) is 6.19. The van der Waals surface area contributed by atoms with Crippen LogP contribution in [-0.2, 0) is 0 Å². The summed E-state index contributed by atoms with van der Waals surface area (Å²) >= 11 is 0. The number of nitrogens with zero attached hydrogens (tertiary/aromatic N) is 1. The zero-order valence-corrected chi connectivity index (χ0v) is 12.5. The van der Waals surface area contributed by atoms with Crippen LogP contribution in [0.2, 0.25) is 0 Å². The summed E-state index contributed by atoms with van der Waals surface area (Å²) in [6.07, 6.45) is 1.02. The van der Waals surface area contributed by atoms with Gasteiger partial charge in [-0.05, 0) is 36.6 Å². The predicted octanol–water partition coefficient (Wildman–Crippen LogP) is 3.28. The Bertz CT molecular complexity index is 612. The highest BCUT2D eigenvalue weighted by Crippen LogP contribution is 2.31. The zero-order valence-electron chi connectivity index (χ0n) is 12.5. The molecule has 0 amide bonds. The average Bonchev–Trinajstić information content (AvgIpc) is 2.70. The minimum Gasteiger partial charge on any atom is -0.491 e. The van der Waals surface area contributed by atoms with Crippen molar-refractivity contribution in [3.63, 3.8) is 0 Å². The van der Waals surface area contributed by atoms with E-state index in [-0.39, 0.29) is 6.04 Å². The number of anilines is 1. The molecule has 0 aromatic heterocycles. The van der Waals surface area contributed by atoms with Crippen molar-refractivity contribution in [2.45, 2.75) is 19.4 Å². The van der Waals surface area contributed by atoms with E-state index in [9.17, 15) is 0 Å². The normalized spacial score (nSPS) is 15.8. The number of aryl methyl sites for hydroxylation is 1. The number of nitrogens with two attached hydrogens (primary N) is 1. The number of fused-ring (bicyclic) bond motifs is 1. The lowest BCUT2D eigenvalue weighted by Crippen LogP contribution is -2.33. The number of rotatable bonds is 3. The molecule has 0 saturated heterocycles. The Kier molecular flexibility index (Phi) is 4.11. The van der Waals surface area contributed by atoms with E-state index in [0.29, 0.717) is 0 Å². The van der Waals surface area contributed by atoms with Crippen LogP contribution in [-0.4, -0.2) is 19.7 Å². The van der Waals surface area contributed by atoms with Gasteiger partial charge in [-0.25, -0.2) is 0 Å². The molecule has 1 aliphatic heterocycles. The van der Waals surface area contributed by atoms with Gasteiger partial charge < -0.3 is 15.4 Å². The average molecular weight is 282 g/mol. The molecule has 0 saturated carbocycles. The van der Waals surface area contributed by atoms with Crippen molar-refractivity contribution in [3.8, 4) is 5.75 Å². The second-order valence-electron chi connectivity index (χ2n) is 5.58. The topological polar surface area (TPSA) is 38.5 Å². The molecule has 3 heteroatoms. The molecule has 1 unspecified atom stereocenters. The molecule has 2 N–H and O–H groups in total. The van der Waals surface area contributed by atoms with E-state index in [4.69, 9.17) is 10.5 Å². The van der Waals surface area contributed by atoms with Gasteiger partial charge in [-0.15, -0.1) is 0 Å². The predicted molar refractivity (Wildman–Crippen MR) is 86.9 cm³/mol. The molecule has 21 heavy (non-hydrogen) atoms. The minimum absolute atomic E-state index is 0.0114. The van der Waals surface area contributed by atoms with E-state index < -0.39 is 0 Å². The van der Waals surface area contributed by atoms with Crippen molar-refractivity contribution in [2.75, 3.05) is 24.6 Å². The standard InChI is InChI=1S/C18H22N2O/c1-14-7-2-3-8-15(14)16(19)13-20-11-6-12-21-18-10-5-4-9-17(18)20/h2-5,7-10,16H,6,11-13,19H2,1H3. The second-order valence-corrected chi connectivity index (χ2v) is 5.58. The Morgan fingerprint density at radius 1 is 1.14 bits per heavy atom. The zero-order chi connectivity index (χ0) is 14.7. The Morgan fingerprint density at radius 2 is 1.90 bits per heavy atom. The van der Waals surface area contributed by atoms with Gasteiger partial charge >= 0.3 is 0 Å². The van der Waals surface area contributed by atoms with Gasteiger partial charge in [0.1, 0.15) is 5.75 Å². The van der Waals surface area contributed by atoms with Crippen LogP contribution < -0.4 is 15.4 Å². The van der Waals surface area contributed by atoms with Crippen LogP contribution in [0.3, 0.4) is 0 Å². The van der Waals surface area contributed by atoms with Gasteiger partial charge in [-0.3, -0.25) is 0 Å². The van der Waals surface area contributed by atoms with Crippen molar-refractivity contribution in [2.24, 2.45) is 5.73 Å². The van der Waals surface area contributed by atoms with Crippen molar-refractivity contribution in [1.29, 1.82) is 0 Å². The molecule has 1 heterocycles. The van der Waals surface area contributed by atoms with Crippen LogP contribution in [0.1, 0.15) is 23.6 Å². The molecule has 0 bridgehead atoms. The molecule has 1 aliphatic rings. The van der Waals surface area contributed by atoms with Gasteiger partial charge in [-0.2, -0.15) is 0 Å². The number of para-hydroxylation sites is 2. The van der Waals surface area contributed by atoms with E-state index in [0.717, 1.165) is 37.6 Å². The first-order chi connectivity index (χ1) is 10.3. The van der Waals surface area contributed by atoms with Crippen LogP contribution in [0, 0.1) is 6.92 Å². The maximum Gasteiger partial charge on any atom is 0.142 e. The molecular weight excluding hydrogens is 260 g/mol. The summed E-state index contributed by atoms with van der Waals surface area (Å²) in [5.74, 6) is 0.965. The Balaban J connectivity index is 1.83. The number of hydrogen-bond acceptors (Lipinski definition) is 3. The van der Waals surface area contributed by atoms with Gasteiger partial charge in [-0.1, -0.05) is 36.4 Å². The van der Waals surface area contributed by atoms with Gasteiger partial charge in [0, 0.05) is 19.1 Å². The van der Waals surface area contributed by atoms with Gasteiger partial charge in [0.15, 0.2) is 0 Å². The van der Waals surface area contributed by atoms with Gasteiger partial charge in [0.2, 0.25) is 0 Å². The fourth-order valence-corrected chi connectivity index (χ4v) is 2.93.